The summed E-state index contributed by atoms with van der Waals surface area (Å²) >= 11 is 0. The first-order chi connectivity index (χ1) is 7.63. The van der Waals surface area contributed by atoms with Gasteiger partial charge in [-0.2, -0.15) is 0 Å². The molecule has 5 nitrogen and oxygen atoms in total. The van der Waals surface area contributed by atoms with Crippen molar-refractivity contribution in [3.05, 3.63) is 36.4 Å². The Bertz CT molecular complexity index is 426. The van der Waals surface area contributed by atoms with E-state index >= 15 is 0 Å². The van der Waals surface area contributed by atoms with E-state index in [1.165, 1.54) is 7.11 Å². The molecule has 1 aromatic rings. The van der Waals surface area contributed by atoms with Gasteiger partial charge >= 0.3 is 5.97 Å². The van der Waals surface area contributed by atoms with Crippen molar-refractivity contribution >= 4 is 17.6 Å². The van der Waals surface area contributed by atoms with Crippen molar-refractivity contribution < 1.29 is 19.4 Å². The van der Waals surface area contributed by atoms with Crippen LogP contribution in [0.2, 0.25) is 0 Å². The van der Waals surface area contributed by atoms with E-state index in [1.54, 1.807) is 24.3 Å². The van der Waals surface area contributed by atoms with Crippen LogP contribution in [0.4, 0.5) is 5.69 Å². The number of amides is 1. The number of nitrogens with one attached hydrogen (secondary N) is 1. The van der Waals surface area contributed by atoms with Crippen LogP contribution in [0.3, 0.4) is 0 Å². The summed E-state index contributed by atoms with van der Waals surface area (Å²) in [4.78, 5) is 21.5. The number of ether oxygens (including phenoxy) is 1. The zero-order valence-electron chi connectivity index (χ0n) is 8.64. The highest BCUT2D eigenvalue weighted by Gasteiger charge is 2.03. The Morgan fingerprint density at radius 2 is 2.00 bits per heavy atom. The van der Waals surface area contributed by atoms with E-state index in [2.05, 4.69) is 5.32 Å². The summed E-state index contributed by atoms with van der Waals surface area (Å²) in [5.74, 6) is -1.18. The Balaban J connectivity index is 2.73. The smallest absolute Gasteiger partial charge is 0.328 e. The summed E-state index contributed by atoms with van der Waals surface area (Å²) in [6.07, 6.45) is 1.71. The molecule has 0 aliphatic heterocycles. The van der Waals surface area contributed by atoms with Crippen LogP contribution in [0, 0.1) is 0 Å². The predicted molar refractivity (Wildman–Crippen MR) is 58.4 cm³/mol. The van der Waals surface area contributed by atoms with Gasteiger partial charge in [-0.1, -0.05) is 12.1 Å². The molecule has 5 heteroatoms. The molecule has 1 rings (SSSR count). The number of carboxylic acid groups (broad SMARTS) is 1. The topological polar surface area (TPSA) is 75.6 Å². The van der Waals surface area contributed by atoms with E-state index in [9.17, 15) is 9.59 Å². The molecule has 0 saturated carbocycles. The van der Waals surface area contributed by atoms with E-state index in [0.717, 1.165) is 12.2 Å². The molecule has 0 unspecified atom stereocenters. The lowest BCUT2D eigenvalue weighted by Gasteiger charge is -2.07. The van der Waals surface area contributed by atoms with Crippen LogP contribution < -0.4 is 10.1 Å². The average Bonchev–Trinajstić information content (AvgIpc) is 2.27. The number of hydrogen-bond donors (Lipinski definition) is 2. The zero-order chi connectivity index (χ0) is 12.0. The van der Waals surface area contributed by atoms with Crippen LogP contribution >= 0.6 is 0 Å². The molecule has 0 spiro atoms. The van der Waals surface area contributed by atoms with Gasteiger partial charge in [-0.3, -0.25) is 4.79 Å². The minimum absolute atomic E-state index is 0.491. The van der Waals surface area contributed by atoms with E-state index in [1.807, 2.05) is 0 Å². The maximum atomic E-state index is 11.3. The molecule has 0 atom stereocenters. The van der Waals surface area contributed by atoms with Crippen molar-refractivity contribution in [2.24, 2.45) is 0 Å². The van der Waals surface area contributed by atoms with Crippen molar-refractivity contribution in [2.75, 3.05) is 12.4 Å². The molecule has 0 heterocycles. The highest BCUT2D eigenvalue weighted by atomic mass is 16.5. The maximum absolute atomic E-state index is 11.3. The highest BCUT2D eigenvalue weighted by Crippen LogP contribution is 2.22. The first kappa shape index (κ1) is 11.8. The minimum Gasteiger partial charge on any atom is -0.495 e. The minimum atomic E-state index is -1.17. The van der Waals surface area contributed by atoms with Gasteiger partial charge in [0.2, 0.25) is 5.91 Å². The second-order valence-electron chi connectivity index (χ2n) is 2.86. The summed E-state index contributed by atoms with van der Waals surface area (Å²) in [5.41, 5.74) is 0.491. The molecule has 0 radical (unpaired) electrons. The van der Waals surface area contributed by atoms with Crippen molar-refractivity contribution in [3.8, 4) is 5.75 Å². The molecule has 1 amide bonds. The fourth-order valence-corrected chi connectivity index (χ4v) is 1.07. The molecule has 0 aliphatic carbocycles. The molecule has 2 N–H and O–H groups in total. The number of para-hydroxylation sites is 2. The normalized spacial score (nSPS) is 10.1. The maximum Gasteiger partial charge on any atom is 0.328 e. The molecule has 0 aliphatic rings. The number of methoxy groups -OCH3 is 1. The van der Waals surface area contributed by atoms with Crippen LogP contribution in [-0.4, -0.2) is 24.1 Å². The van der Waals surface area contributed by atoms with Gasteiger partial charge in [-0.15, -0.1) is 0 Å². The lowest BCUT2D eigenvalue weighted by molar-refractivity contribution is -0.131. The second-order valence-corrected chi connectivity index (χ2v) is 2.86. The van der Waals surface area contributed by atoms with Gasteiger partial charge in [0.15, 0.2) is 0 Å². The third-order valence-corrected chi connectivity index (χ3v) is 1.74. The summed E-state index contributed by atoms with van der Waals surface area (Å²) in [6.45, 7) is 0. The van der Waals surface area contributed by atoms with Crippen molar-refractivity contribution in [1.29, 1.82) is 0 Å². The molecular formula is C11H11NO4. The number of rotatable bonds is 4. The zero-order valence-corrected chi connectivity index (χ0v) is 8.64. The van der Waals surface area contributed by atoms with E-state index in [0.29, 0.717) is 11.4 Å². The lowest BCUT2D eigenvalue weighted by Crippen LogP contribution is -2.09. The first-order valence-electron chi connectivity index (χ1n) is 4.48. The van der Waals surface area contributed by atoms with Gasteiger partial charge in [0.25, 0.3) is 0 Å². The number of anilines is 1. The monoisotopic (exact) mass is 221 g/mol. The van der Waals surface area contributed by atoms with Gasteiger partial charge in [-0.25, -0.2) is 4.79 Å². The van der Waals surface area contributed by atoms with Gasteiger partial charge in [-0.05, 0) is 12.1 Å². The predicted octanol–water partition coefficient (Wildman–Crippen LogP) is 1.27. The van der Waals surface area contributed by atoms with Crippen molar-refractivity contribution in [2.45, 2.75) is 0 Å². The largest absolute Gasteiger partial charge is 0.495 e. The molecule has 84 valence electrons. The molecule has 1 aromatic carbocycles. The Kier molecular flexibility index (Phi) is 4.08. The van der Waals surface area contributed by atoms with Gasteiger partial charge in [0, 0.05) is 12.2 Å². The Hall–Kier alpha value is -2.30. The Morgan fingerprint density at radius 1 is 1.31 bits per heavy atom. The standard InChI is InChI=1S/C11H11NO4/c1-16-9-5-3-2-4-8(9)12-10(13)6-7-11(14)15/h2-7H,1H3,(H,12,13)(H,14,15)/b7-6-. The summed E-state index contributed by atoms with van der Waals surface area (Å²) in [7, 11) is 1.48. The second kappa shape index (κ2) is 5.55. The molecule has 0 saturated heterocycles. The van der Waals surface area contributed by atoms with Crippen molar-refractivity contribution in [1.82, 2.24) is 0 Å². The third-order valence-electron chi connectivity index (χ3n) is 1.74. The Labute approximate surface area is 92.3 Å². The molecule has 16 heavy (non-hydrogen) atoms. The average molecular weight is 221 g/mol. The van der Waals surface area contributed by atoms with Crippen LogP contribution in [0.25, 0.3) is 0 Å². The number of carbonyl (C=O) groups is 2. The van der Waals surface area contributed by atoms with E-state index < -0.39 is 11.9 Å². The Morgan fingerprint density at radius 3 is 2.62 bits per heavy atom. The van der Waals surface area contributed by atoms with Crippen LogP contribution in [-0.2, 0) is 9.59 Å². The fourth-order valence-electron chi connectivity index (χ4n) is 1.07. The lowest BCUT2D eigenvalue weighted by atomic mass is 10.3. The number of carbonyl (C=O) groups excluding carboxylic acids is 1. The fraction of sp³-hybridized carbons (Fsp3) is 0.0909. The van der Waals surface area contributed by atoms with Gasteiger partial charge in [0.05, 0.1) is 12.8 Å². The first-order valence-corrected chi connectivity index (χ1v) is 4.48. The highest BCUT2D eigenvalue weighted by molar-refractivity contribution is 6.03. The SMILES string of the molecule is COc1ccccc1NC(=O)/C=C\C(=O)O. The molecule has 0 aromatic heterocycles. The van der Waals surface area contributed by atoms with Gasteiger partial charge < -0.3 is 15.2 Å². The number of hydrogen-bond acceptors (Lipinski definition) is 3. The van der Waals surface area contributed by atoms with Crippen LogP contribution in [0.1, 0.15) is 0 Å². The van der Waals surface area contributed by atoms with Crippen molar-refractivity contribution in [3.63, 3.8) is 0 Å². The van der Waals surface area contributed by atoms with Crippen LogP contribution in [0.5, 0.6) is 5.75 Å². The van der Waals surface area contributed by atoms with Gasteiger partial charge in [0.1, 0.15) is 5.75 Å². The number of benzene rings is 1. The molecular weight excluding hydrogens is 210 g/mol. The van der Waals surface area contributed by atoms with Crippen LogP contribution in [0.15, 0.2) is 36.4 Å². The number of aliphatic carboxylic acids is 1. The quantitative estimate of drug-likeness (QED) is 0.751. The molecule has 0 bridgehead atoms. The summed E-state index contributed by atoms with van der Waals surface area (Å²) in [5, 5.41) is 10.8. The summed E-state index contributed by atoms with van der Waals surface area (Å²) in [6, 6.07) is 6.85. The van der Waals surface area contributed by atoms with E-state index in [-0.39, 0.29) is 0 Å². The molecule has 0 fully saturated rings. The third kappa shape index (κ3) is 3.45. The summed E-state index contributed by atoms with van der Waals surface area (Å²) < 4.78 is 5.02. The van der Waals surface area contributed by atoms with E-state index in [4.69, 9.17) is 9.84 Å². The number of carboxylic acids is 1.